The largest absolute Gasteiger partial charge is 0.418 e. The van der Waals surface area contributed by atoms with Crippen LogP contribution in [-0.2, 0) is 19.4 Å². The minimum absolute atomic E-state index is 0.443. The van der Waals surface area contributed by atoms with Crippen molar-refractivity contribution in [3.05, 3.63) is 23.0 Å². The van der Waals surface area contributed by atoms with Crippen LogP contribution >= 0.6 is 0 Å². The van der Waals surface area contributed by atoms with Crippen LogP contribution in [0.5, 0.6) is 0 Å². The lowest BCUT2D eigenvalue weighted by Crippen LogP contribution is -2.15. The number of rotatable bonds is 0. The summed E-state index contributed by atoms with van der Waals surface area (Å²) in [5, 5.41) is 0. The predicted molar refractivity (Wildman–Crippen MR) is 40.2 cm³/mol. The summed E-state index contributed by atoms with van der Waals surface area (Å²) in [6.07, 6.45) is -9.54. The first kappa shape index (κ1) is 11.9. The molecular formula is C8H7F6N. The second kappa shape index (κ2) is 3.18. The smallest absolute Gasteiger partial charge is 0.353 e. The van der Waals surface area contributed by atoms with E-state index in [2.05, 4.69) is 0 Å². The van der Waals surface area contributed by atoms with Gasteiger partial charge in [-0.15, -0.1) is 0 Å². The summed E-state index contributed by atoms with van der Waals surface area (Å²) in [4.78, 5) is 0. The summed E-state index contributed by atoms with van der Waals surface area (Å²) in [6, 6.07) is 0. The minimum atomic E-state index is -4.99. The Balaban J connectivity index is 3.48. The van der Waals surface area contributed by atoms with Crippen molar-refractivity contribution < 1.29 is 26.3 Å². The molecule has 0 atom stereocenters. The van der Waals surface area contributed by atoms with Crippen molar-refractivity contribution >= 4 is 0 Å². The second-order valence-corrected chi connectivity index (χ2v) is 3.11. The molecule has 0 bridgehead atoms. The molecule has 1 aromatic heterocycles. The Morgan fingerprint density at radius 2 is 1.47 bits per heavy atom. The van der Waals surface area contributed by atoms with Crippen LogP contribution in [0.15, 0.2) is 6.20 Å². The standard InChI is InChI=1S/C8H7F6N/c1-4-6(8(12,13)14)5(3-15(4)2)7(9,10)11/h3H,1-2H3. The summed E-state index contributed by atoms with van der Waals surface area (Å²) in [5.74, 6) is 0. The number of nitrogens with zero attached hydrogens (tertiary/aromatic N) is 1. The lowest BCUT2D eigenvalue weighted by molar-refractivity contribution is -0.161. The quantitative estimate of drug-likeness (QED) is 0.603. The summed E-state index contributed by atoms with van der Waals surface area (Å²) >= 11 is 0. The maximum atomic E-state index is 12.3. The van der Waals surface area contributed by atoms with Gasteiger partial charge < -0.3 is 4.57 Å². The van der Waals surface area contributed by atoms with E-state index in [1.807, 2.05) is 0 Å². The summed E-state index contributed by atoms with van der Waals surface area (Å²) in [6.45, 7) is 0.998. The van der Waals surface area contributed by atoms with Gasteiger partial charge in [-0.1, -0.05) is 0 Å². The highest BCUT2D eigenvalue weighted by Gasteiger charge is 2.45. The highest BCUT2D eigenvalue weighted by Crippen LogP contribution is 2.42. The van der Waals surface area contributed by atoms with Gasteiger partial charge in [0.15, 0.2) is 0 Å². The van der Waals surface area contributed by atoms with Gasteiger partial charge in [0.05, 0.1) is 11.1 Å². The molecule has 0 saturated heterocycles. The first-order valence-electron chi connectivity index (χ1n) is 3.85. The van der Waals surface area contributed by atoms with E-state index in [0.29, 0.717) is 6.20 Å². The van der Waals surface area contributed by atoms with Crippen LogP contribution in [0.25, 0.3) is 0 Å². The number of halogens is 6. The molecule has 0 N–H and O–H groups in total. The van der Waals surface area contributed by atoms with E-state index in [1.54, 1.807) is 0 Å². The fourth-order valence-electron chi connectivity index (χ4n) is 1.30. The third kappa shape index (κ3) is 2.10. The van der Waals surface area contributed by atoms with Gasteiger partial charge in [0.1, 0.15) is 0 Å². The first-order chi connectivity index (χ1) is 6.55. The van der Waals surface area contributed by atoms with Crippen molar-refractivity contribution in [3.8, 4) is 0 Å². The molecule has 0 radical (unpaired) electrons. The summed E-state index contributed by atoms with van der Waals surface area (Å²) in [5.41, 5.74) is -3.71. The topological polar surface area (TPSA) is 4.93 Å². The zero-order valence-corrected chi connectivity index (χ0v) is 7.79. The predicted octanol–water partition coefficient (Wildman–Crippen LogP) is 3.37. The summed E-state index contributed by atoms with van der Waals surface area (Å²) in [7, 11) is 1.14. The Kier molecular flexibility index (Phi) is 2.53. The molecule has 0 fully saturated rings. The molecule has 0 saturated carbocycles. The highest BCUT2D eigenvalue weighted by atomic mass is 19.4. The van der Waals surface area contributed by atoms with E-state index in [0.717, 1.165) is 18.5 Å². The van der Waals surface area contributed by atoms with Crippen LogP contribution in [-0.4, -0.2) is 4.57 Å². The zero-order valence-electron chi connectivity index (χ0n) is 7.79. The number of aryl methyl sites for hydroxylation is 1. The second-order valence-electron chi connectivity index (χ2n) is 3.11. The molecule has 86 valence electrons. The molecule has 1 nitrogen and oxygen atoms in total. The van der Waals surface area contributed by atoms with Crippen LogP contribution < -0.4 is 0 Å². The molecule has 1 rings (SSSR count). The fraction of sp³-hybridized carbons (Fsp3) is 0.500. The van der Waals surface area contributed by atoms with Crippen molar-refractivity contribution in [2.24, 2.45) is 7.05 Å². The molecule has 0 aromatic carbocycles. The molecule has 1 aromatic rings. The van der Waals surface area contributed by atoms with E-state index < -0.39 is 29.2 Å². The van der Waals surface area contributed by atoms with Crippen LogP contribution in [0.2, 0.25) is 0 Å². The van der Waals surface area contributed by atoms with E-state index in [1.165, 1.54) is 0 Å². The third-order valence-corrected chi connectivity index (χ3v) is 2.07. The molecule has 0 amide bonds. The van der Waals surface area contributed by atoms with Gasteiger partial charge in [-0.3, -0.25) is 0 Å². The van der Waals surface area contributed by atoms with E-state index in [9.17, 15) is 26.3 Å². The molecule has 0 aliphatic heterocycles. The first-order valence-corrected chi connectivity index (χ1v) is 3.85. The van der Waals surface area contributed by atoms with E-state index in [4.69, 9.17) is 0 Å². The van der Waals surface area contributed by atoms with E-state index in [-0.39, 0.29) is 0 Å². The maximum absolute atomic E-state index is 12.3. The normalized spacial score (nSPS) is 13.3. The lowest BCUT2D eigenvalue weighted by atomic mass is 10.1. The molecule has 7 heteroatoms. The maximum Gasteiger partial charge on any atom is 0.418 e. The van der Waals surface area contributed by atoms with E-state index >= 15 is 0 Å². The molecule has 15 heavy (non-hydrogen) atoms. The van der Waals surface area contributed by atoms with Gasteiger partial charge in [-0.25, -0.2) is 0 Å². The zero-order chi connectivity index (χ0) is 12.0. The van der Waals surface area contributed by atoms with Crippen molar-refractivity contribution in [1.82, 2.24) is 4.57 Å². The SMILES string of the molecule is Cc1c(C(F)(F)F)c(C(F)(F)F)cn1C. The Labute approximate surface area is 81.3 Å². The average molecular weight is 231 g/mol. The Morgan fingerprint density at radius 1 is 1.00 bits per heavy atom. The average Bonchev–Trinajstić information content (AvgIpc) is 2.25. The number of alkyl halides is 6. The van der Waals surface area contributed by atoms with Crippen LogP contribution in [0.3, 0.4) is 0 Å². The van der Waals surface area contributed by atoms with Gasteiger partial charge >= 0.3 is 12.4 Å². The van der Waals surface area contributed by atoms with Crippen molar-refractivity contribution in [2.45, 2.75) is 19.3 Å². The number of hydrogen-bond donors (Lipinski definition) is 0. The molecule has 0 unspecified atom stereocenters. The Bertz CT molecular complexity index is 370. The molecule has 1 heterocycles. The fourth-order valence-corrected chi connectivity index (χ4v) is 1.30. The van der Waals surface area contributed by atoms with Crippen molar-refractivity contribution in [2.75, 3.05) is 0 Å². The van der Waals surface area contributed by atoms with Crippen molar-refractivity contribution in [3.63, 3.8) is 0 Å². The Hall–Kier alpha value is -1.14. The lowest BCUT2D eigenvalue weighted by Gasteiger charge is -2.11. The van der Waals surface area contributed by atoms with Gasteiger partial charge in [0.2, 0.25) is 0 Å². The van der Waals surface area contributed by atoms with Gasteiger partial charge in [0.25, 0.3) is 0 Å². The van der Waals surface area contributed by atoms with Gasteiger partial charge in [-0.05, 0) is 6.92 Å². The van der Waals surface area contributed by atoms with Crippen LogP contribution in [0, 0.1) is 6.92 Å². The van der Waals surface area contributed by atoms with Gasteiger partial charge in [0, 0.05) is 18.9 Å². The van der Waals surface area contributed by atoms with Crippen molar-refractivity contribution in [1.29, 1.82) is 0 Å². The van der Waals surface area contributed by atoms with Gasteiger partial charge in [-0.2, -0.15) is 26.3 Å². The summed E-state index contributed by atoms with van der Waals surface area (Å²) < 4.78 is 74.6. The molecule has 0 spiro atoms. The minimum Gasteiger partial charge on any atom is -0.353 e. The number of hydrogen-bond acceptors (Lipinski definition) is 0. The number of aromatic nitrogens is 1. The molecule has 0 aliphatic rings. The van der Waals surface area contributed by atoms with Crippen LogP contribution in [0.4, 0.5) is 26.3 Å². The molecular weight excluding hydrogens is 224 g/mol. The monoisotopic (exact) mass is 231 g/mol. The Morgan fingerprint density at radius 3 is 1.73 bits per heavy atom. The highest BCUT2D eigenvalue weighted by molar-refractivity contribution is 5.36. The molecule has 0 aliphatic carbocycles. The third-order valence-electron chi connectivity index (χ3n) is 2.07. The van der Waals surface area contributed by atoms with Crippen LogP contribution in [0.1, 0.15) is 16.8 Å².